The summed E-state index contributed by atoms with van der Waals surface area (Å²) in [6.07, 6.45) is 1.62. The van der Waals surface area contributed by atoms with Crippen LogP contribution in [-0.2, 0) is 21.4 Å². The van der Waals surface area contributed by atoms with Gasteiger partial charge < -0.3 is 9.15 Å². The second kappa shape index (κ2) is 7.86. The van der Waals surface area contributed by atoms with Gasteiger partial charge in [0.2, 0.25) is 10.0 Å². The van der Waals surface area contributed by atoms with Gasteiger partial charge in [0.05, 0.1) is 10.5 Å². The van der Waals surface area contributed by atoms with Crippen LogP contribution >= 0.6 is 11.6 Å². The molecule has 1 aromatic heterocycles. The van der Waals surface area contributed by atoms with Gasteiger partial charge >= 0.3 is 11.6 Å². The quantitative estimate of drug-likeness (QED) is 0.458. The lowest BCUT2D eigenvalue weighted by Gasteiger charge is -2.10. The number of aryl methyl sites for hydroxylation is 1. The van der Waals surface area contributed by atoms with Crippen molar-refractivity contribution in [2.45, 2.75) is 37.3 Å². The molecule has 0 unspecified atom stereocenters. The minimum atomic E-state index is -3.69. The zero-order chi connectivity index (χ0) is 21.5. The van der Waals surface area contributed by atoms with E-state index in [0.29, 0.717) is 21.6 Å². The third-order valence-corrected chi connectivity index (χ3v) is 6.67. The van der Waals surface area contributed by atoms with Gasteiger partial charge in [-0.05, 0) is 55.7 Å². The number of carbonyl (C=O) groups is 1. The normalized spacial score (nSPS) is 14.1. The number of hydrogen-bond acceptors (Lipinski definition) is 6. The first-order valence-corrected chi connectivity index (χ1v) is 11.1. The monoisotopic (exact) mass is 447 g/mol. The Morgan fingerprint density at radius 3 is 2.73 bits per heavy atom. The van der Waals surface area contributed by atoms with Gasteiger partial charge in [0.1, 0.15) is 12.2 Å². The molecule has 156 valence electrons. The largest absolute Gasteiger partial charge is 0.457 e. The molecule has 1 saturated carbocycles. The highest BCUT2D eigenvalue weighted by Crippen LogP contribution is 2.26. The predicted molar refractivity (Wildman–Crippen MR) is 111 cm³/mol. The molecule has 7 nitrogen and oxygen atoms in total. The molecule has 1 heterocycles. The Labute approximate surface area is 177 Å². The van der Waals surface area contributed by atoms with Crippen LogP contribution in [0.5, 0.6) is 0 Å². The van der Waals surface area contributed by atoms with Crippen molar-refractivity contribution < 1.29 is 22.4 Å². The zero-order valence-electron chi connectivity index (χ0n) is 16.0. The van der Waals surface area contributed by atoms with E-state index in [9.17, 15) is 18.0 Å². The third kappa shape index (κ3) is 4.40. The molecule has 0 spiro atoms. The van der Waals surface area contributed by atoms with E-state index >= 15 is 0 Å². The molecule has 0 aliphatic heterocycles. The Balaban J connectivity index is 1.56. The lowest BCUT2D eigenvalue weighted by molar-refractivity contribution is 0.0473. The van der Waals surface area contributed by atoms with E-state index in [2.05, 4.69) is 4.72 Å². The van der Waals surface area contributed by atoms with Gasteiger partial charge in [0.15, 0.2) is 0 Å². The van der Waals surface area contributed by atoms with Gasteiger partial charge in [-0.2, -0.15) is 0 Å². The van der Waals surface area contributed by atoms with Crippen molar-refractivity contribution in [3.8, 4) is 0 Å². The maximum atomic E-state index is 12.5. The summed E-state index contributed by atoms with van der Waals surface area (Å²) in [5, 5.41) is 1.05. The van der Waals surface area contributed by atoms with E-state index in [-0.39, 0.29) is 23.1 Å². The Morgan fingerprint density at radius 1 is 1.23 bits per heavy atom. The lowest BCUT2D eigenvalue weighted by atomic mass is 10.1. The standard InChI is InChI=1S/C21H18ClNO6S/c1-12-7-19-17(10-18(12)22)14(9-20(24)29-19)11-28-21(25)13-3-2-4-16(8-13)30(26,27)23-15-5-6-15/h2-4,7-10,15,23H,5-6,11H2,1H3. The van der Waals surface area contributed by atoms with Crippen LogP contribution in [0.25, 0.3) is 11.0 Å². The summed E-state index contributed by atoms with van der Waals surface area (Å²) < 4.78 is 37.8. The fourth-order valence-corrected chi connectivity index (χ4v) is 4.49. The summed E-state index contributed by atoms with van der Waals surface area (Å²) in [7, 11) is -3.69. The van der Waals surface area contributed by atoms with E-state index in [0.717, 1.165) is 18.4 Å². The van der Waals surface area contributed by atoms with Crippen LogP contribution in [0.3, 0.4) is 0 Å². The van der Waals surface area contributed by atoms with Crippen LogP contribution in [-0.4, -0.2) is 20.4 Å². The highest BCUT2D eigenvalue weighted by molar-refractivity contribution is 7.89. The molecule has 1 aliphatic carbocycles. The maximum absolute atomic E-state index is 12.5. The number of fused-ring (bicyclic) bond motifs is 1. The van der Waals surface area contributed by atoms with Crippen LogP contribution in [0.1, 0.15) is 34.3 Å². The van der Waals surface area contributed by atoms with Crippen molar-refractivity contribution >= 4 is 38.6 Å². The van der Waals surface area contributed by atoms with Crippen LogP contribution in [0, 0.1) is 6.92 Å². The summed E-state index contributed by atoms with van der Waals surface area (Å²) in [4.78, 5) is 24.4. The highest BCUT2D eigenvalue weighted by Gasteiger charge is 2.28. The molecular formula is C21H18ClNO6S. The van der Waals surface area contributed by atoms with Gasteiger partial charge in [-0.15, -0.1) is 0 Å². The SMILES string of the molecule is Cc1cc2oc(=O)cc(COC(=O)c3cccc(S(=O)(=O)NC4CC4)c3)c2cc1Cl. The van der Waals surface area contributed by atoms with Gasteiger partial charge in [0, 0.05) is 28.1 Å². The highest BCUT2D eigenvalue weighted by atomic mass is 35.5. The molecule has 1 aliphatic rings. The van der Waals surface area contributed by atoms with Crippen molar-refractivity contribution in [2.75, 3.05) is 0 Å². The second-order valence-corrected chi connectivity index (χ2v) is 9.31. The van der Waals surface area contributed by atoms with Gasteiger partial charge in [-0.25, -0.2) is 22.7 Å². The van der Waals surface area contributed by atoms with E-state index in [1.54, 1.807) is 19.1 Å². The van der Waals surface area contributed by atoms with Gasteiger partial charge in [-0.3, -0.25) is 0 Å². The number of nitrogens with one attached hydrogen (secondary N) is 1. The first-order chi connectivity index (χ1) is 14.2. The topological polar surface area (TPSA) is 103 Å². The van der Waals surface area contributed by atoms with E-state index in [1.165, 1.54) is 30.3 Å². The summed E-state index contributed by atoms with van der Waals surface area (Å²) in [5.74, 6) is -0.710. The van der Waals surface area contributed by atoms with Crippen molar-refractivity contribution in [2.24, 2.45) is 0 Å². The van der Waals surface area contributed by atoms with Gasteiger partial charge in [0.25, 0.3) is 0 Å². The molecule has 0 radical (unpaired) electrons. The molecule has 0 amide bonds. The van der Waals surface area contributed by atoms with Gasteiger partial charge in [-0.1, -0.05) is 17.7 Å². The van der Waals surface area contributed by atoms with Crippen LogP contribution in [0.2, 0.25) is 5.02 Å². The summed E-state index contributed by atoms with van der Waals surface area (Å²) in [6, 6.07) is 10.1. The number of hydrogen-bond donors (Lipinski definition) is 1. The molecular weight excluding hydrogens is 430 g/mol. The molecule has 2 aromatic carbocycles. The number of halogens is 1. The smallest absolute Gasteiger partial charge is 0.338 e. The molecule has 9 heteroatoms. The summed E-state index contributed by atoms with van der Waals surface area (Å²) in [6.45, 7) is 1.59. The third-order valence-electron chi connectivity index (χ3n) is 4.75. The molecule has 0 saturated heterocycles. The minimum absolute atomic E-state index is 0.00286. The Kier molecular flexibility index (Phi) is 5.40. The first-order valence-electron chi connectivity index (χ1n) is 9.25. The minimum Gasteiger partial charge on any atom is -0.457 e. The van der Waals surface area contributed by atoms with Crippen molar-refractivity contribution in [1.82, 2.24) is 4.72 Å². The Morgan fingerprint density at radius 2 is 2.00 bits per heavy atom. The van der Waals surface area contributed by atoms with Crippen molar-refractivity contribution in [3.63, 3.8) is 0 Å². The number of ether oxygens (including phenoxy) is 1. The Hall–Kier alpha value is -2.68. The summed E-state index contributed by atoms with van der Waals surface area (Å²) in [5.41, 5.74) is 1.05. The molecule has 1 N–H and O–H groups in total. The molecule has 30 heavy (non-hydrogen) atoms. The number of sulfonamides is 1. The van der Waals surface area contributed by atoms with E-state index in [4.69, 9.17) is 20.8 Å². The fourth-order valence-electron chi connectivity index (χ4n) is 2.97. The first kappa shape index (κ1) is 20.6. The average Bonchev–Trinajstić information content (AvgIpc) is 3.50. The molecule has 4 rings (SSSR count). The molecule has 1 fully saturated rings. The number of carbonyl (C=O) groups excluding carboxylic acids is 1. The maximum Gasteiger partial charge on any atom is 0.338 e. The predicted octanol–water partition coefficient (Wildman–Crippen LogP) is 3.55. The fraction of sp³-hybridized carbons (Fsp3) is 0.238. The molecule has 0 bridgehead atoms. The van der Waals surface area contributed by atoms with Crippen LogP contribution < -0.4 is 10.3 Å². The van der Waals surface area contributed by atoms with E-state index in [1.807, 2.05) is 0 Å². The van der Waals surface area contributed by atoms with Crippen molar-refractivity contribution in [1.29, 1.82) is 0 Å². The van der Waals surface area contributed by atoms with E-state index < -0.39 is 21.6 Å². The lowest BCUT2D eigenvalue weighted by Crippen LogP contribution is -2.25. The van der Waals surface area contributed by atoms with Crippen LogP contribution in [0.4, 0.5) is 0 Å². The second-order valence-electron chi connectivity index (χ2n) is 7.19. The number of benzene rings is 2. The van der Waals surface area contributed by atoms with Crippen LogP contribution in [0.15, 0.2) is 56.6 Å². The number of esters is 1. The molecule has 3 aromatic rings. The summed E-state index contributed by atoms with van der Waals surface area (Å²) >= 11 is 6.17. The van der Waals surface area contributed by atoms with Crippen molar-refractivity contribution in [3.05, 3.63) is 74.6 Å². The Bertz CT molecular complexity index is 1310. The zero-order valence-corrected chi connectivity index (χ0v) is 17.5. The number of rotatable bonds is 6. The average molecular weight is 448 g/mol. The molecule has 0 atom stereocenters.